The van der Waals surface area contributed by atoms with E-state index in [1.807, 2.05) is 11.3 Å². The molecule has 0 amide bonds. The summed E-state index contributed by atoms with van der Waals surface area (Å²) in [5.41, 5.74) is 0. The summed E-state index contributed by atoms with van der Waals surface area (Å²) in [6.45, 7) is 3.35. The van der Waals surface area contributed by atoms with Crippen LogP contribution in [-0.2, 0) is 6.42 Å². The van der Waals surface area contributed by atoms with Crippen LogP contribution in [0.25, 0.3) is 0 Å². The van der Waals surface area contributed by atoms with Gasteiger partial charge in [-0.25, -0.2) is 0 Å². The third-order valence-corrected chi connectivity index (χ3v) is 4.83. The second-order valence-electron chi connectivity index (χ2n) is 5.26. The first-order valence-electron chi connectivity index (χ1n) is 7.14. The van der Waals surface area contributed by atoms with Crippen LogP contribution in [0.5, 0.6) is 0 Å². The highest BCUT2D eigenvalue weighted by atomic mass is 32.1. The average Bonchev–Trinajstić information content (AvgIpc) is 2.76. The van der Waals surface area contributed by atoms with Gasteiger partial charge in [0.15, 0.2) is 0 Å². The van der Waals surface area contributed by atoms with Crippen LogP contribution in [0.1, 0.15) is 50.3 Å². The molecule has 0 aliphatic heterocycles. The molecule has 1 heterocycles. The molecule has 1 aliphatic rings. The topological polar surface area (TPSA) is 12.0 Å². The zero-order valence-electron chi connectivity index (χ0n) is 11.0. The number of rotatable bonds is 8. The minimum Gasteiger partial charge on any atom is -0.314 e. The Labute approximate surface area is 110 Å². The van der Waals surface area contributed by atoms with Gasteiger partial charge in [-0.05, 0) is 49.6 Å². The van der Waals surface area contributed by atoms with E-state index >= 15 is 0 Å². The Balaban J connectivity index is 1.65. The lowest BCUT2D eigenvalue weighted by atomic mass is 9.80. The monoisotopic (exact) mass is 251 g/mol. The van der Waals surface area contributed by atoms with Gasteiger partial charge in [0.1, 0.15) is 0 Å². The number of hydrogen-bond donors (Lipinski definition) is 1. The minimum atomic E-state index is 0.769. The quantitative estimate of drug-likeness (QED) is 0.728. The molecule has 2 heteroatoms. The first kappa shape index (κ1) is 13.1. The Morgan fingerprint density at radius 3 is 2.94 bits per heavy atom. The standard InChI is InChI=1S/C15H25NS/c1-2-16-14(12-13-6-3-7-13)8-4-9-15-10-5-11-17-15/h5,10-11,13-14,16H,2-4,6-9,12H2,1H3. The number of nitrogens with one attached hydrogen (secondary N) is 1. The summed E-state index contributed by atoms with van der Waals surface area (Å²) in [5.74, 6) is 1.03. The van der Waals surface area contributed by atoms with Crippen molar-refractivity contribution in [3.63, 3.8) is 0 Å². The molecule has 1 nitrogen and oxygen atoms in total. The van der Waals surface area contributed by atoms with Crippen molar-refractivity contribution in [3.8, 4) is 0 Å². The molecule has 1 fully saturated rings. The maximum absolute atomic E-state index is 3.67. The van der Waals surface area contributed by atoms with Gasteiger partial charge in [0.2, 0.25) is 0 Å². The van der Waals surface area contributed by atoms with Crippen LogP contribution in [0.2, 0.25) is 0 Å². The Kier molecular flexibility index (Phi) is 5.53. The maximum atomic E-state index is 3.67. The number of thiophene rings is 1. The summed E-state index contributed by atoms with van der Waals surface area (Å²) in [4.78, 5) is 1.55. The van der Waals surface area contributed by atoms with E-state index in [1.165, 1.54) is 44.9 Å². The zero-order valence-corrected chi connectivity index (χ0v) is 11.8. The molecule has 1 aromatic rings. The van der Waals surface area contributed by atoms with E-state index in [0.29, 0.717) is 0 Å². The van der Waals surface area contributed by atoms with Gasteiger partial charge in [0.05, 0.1) is 0 Å². The van der Waals surface area contributed by atoms with E-state index in [4.69, 9.17) is 0 Å². The molecule has 17 heavy (non-hydrogen) atoms. The molecule has 0 radical (unpaired) electrons. The van der Waals surface area contributed by atoms with E-state index in [9.17, 15) is 0 Å². The van der Waals surface area contributed by atoms with Crippen LogP contribution in [-0.4, -0.2) is 12.6 Å². The lowest BCUT2D eigenvalue weighted by molar-refractivity contribution is 0.254. The van der Waals surface area contributed by atoms with Crippen molar-refractivity contribution in [2.45, 2.75) is 57.9 Å². The lowest BCUT2D eigenvalue weighted by Gasteiger charge is -2.30. The summed E-state index contributed by atoms with van der Waals surface area (Å²) in [6.07, 6.45) is 9.80. The number of hydrogen-bond acceptors (Lipinski definition) is 2. The third kappa shape index (κ3) is 4.44. The average molecular weight is 251 g/mol. The first-order chi connectivity index (χ1) is 8.38. The molecule has 1 N–H and O–H groups in total. The normalized spacial score (nSPS) is 17.9. The summed E-state index contributed by atoms with van der Waals surface area (Å²) >= 11 is 1.90. The smallest absolute Gasteiger partial charge is 0.00697 e. The molecule has 0 spiro atoms. The molecular formula is C15H25NS. The van der Waals surface area contributed by atoms with Crippen molar-refractivity contribution >= 4 is 11.3 Å². The fourth-order valence-electron chi connectivity index (χ4n) is 2.70. The second-order valence-corrected chi connectivity index (χ2v) is 6.29. The van der Waals surface area contributed by atoms with Crippen molar-refractivity contribution in [1.29, 1.82) is 0 Å². The van der Waals surface area contributed by atoms with Crippen LogP contribution >= 0.6 is 11.3 Å². The molecule has 1 aliphatic carbocycles. The highest BCUT2D eigenvalue weighted by Gasteiger charge is 2.21. The van der Waals surface area contributed by atoms with Gasteiger partial charge in [0, 0.05) is 10.9 Å². The molecule has 96 valence electrons. The predicted octanol–water partition coefficient (Wildman–Crippen LogP) is 4.24. The number of aryl methyl sites for hydroxylation is 1. The summed E-state index contributed by atoms with van der Waals surface area (Å²) in [5, 5.41) is 5.85. The fourth-order valence-corrected chi connectivity index (χ4v) is 3.45. The Morgan fingerprint density at radius 2 is 2.35 bits per heavy atom. The molecule has 1 aromatic heterocycles. The van der Waals surface area contributed by atoms with E-state index in [0.717, 1.165) is 18.5 Å². The van der Waals surface area contributed by atoms with Crippen molar-refractivity contribution < 1.29 is 0 Å². The van der Waals surface area contributed by atoms with Gasteiger partial charge in [-0.1, -0.05) is 32.3 Å². The molecule has 0 bridgehead atoms. The highest BCUT2D eigenvalue weighted by molar-refractivity contribution is 7.09. The van der Waals surface area contributed by atoms with Crippen molar-refractivity contribution in [3.05, 3.63) is 22.4 Å². The maximum Gasteiger partial charge on any atom is 0.00697 e. The Hall–Kier alpha value is -0.340. The zero-order chi connectivity index (χ0) is 11.9. The van der Waals surface area contributed by atoms with Gasteiger partial charge < -0.3 is 5.32 Å². The Morgan fingerprint density at radius 1 is 1.47 bits per heavy atom. The first-order valence-corrected chi connectivity index (χ1v) is 8.02. The van der Waals surface area contributed by atoms with E-state index in [2.05, 4.69) is 29.8 Å². The molecule has 0 saturated heterocycles. The highest BCUT2D eigenvalue weighted by Crippen LogP contribution is 2.31. The lowest BCUT2D eigenvalue weighted by Crippen LogP contribution is -2.32. The van der Waals surface area contributed by atoms with Gasteiger partial charge >= 0.3 is 0 Å². The van der Waals surface area contributed by atoms with Crippen LogP contribution in [0, 0.1) is 5.92 Å². The summed E-state index contributed by atoms with van der Waals surface area (Å²) < 4.78 is 0. The second kappa shape index (κ2) is 7.17. The summed E-state index contributed by atoms with van der Waals surface area (Å²) in [7, 11) is 0. The predicted molar refractivity (Wildman–Crippen MR) is 76.7 cm³/mol. The van der Waals surface area contributed by atoms with E-state index in [-0.39, 0.29) is 0 Å². The van der Waals surface area contributed by atoms with Crippen molar-refractivity contribution in [2.75, 3.05) is 6.54 Å². The van der Waals surface area contributed by atoms with Gasteiger partial charge in [-0.2, -0.15) is 0 Å². The van der Waals surface area contributed by atoms with Crippen LogP contribution in [0.15, 0.2) is 17.5 Å². The van der Waals surface area contributed by atoms with Crippen molar-refractivity contribution in [2.24, 2.45) is 5.92 Å². The van der Waals surface area contributed by atoms with Gasteiger partial charge in [-0.15, -0.1) is 11.3 Å². The van der Waals surface area contributed by atoms with Crippen LogP contribution in [0.4, 0.5) is 0 Å². The molecule has 1 unspecified atom stereocenters. The van der Waals surface area contributed by atoms with Crippen LogP contribution < -0.4 is 5.32 Å². The van der Waals surface area contributed by atoms with E-state index in [1.54, 1.807) is 4.88 Å². The van der Waals surface area contributed by atoms with E-state index < -0.39 is 0 Å². The molecule has 0 aromatic carbocycles. The molecule has 1 saturated carbocycles. The Bertz CT molecular complexity index is 290. The molecule has 1 atom stereocenters. The molecular weight excluding hydrogens is 226 g/mol. The summed E-state index contributed by atoms with van der Waals surface area (Å²) in [6, 6.07) is 5.19. The largest absolute Gasteiger partial charge is 0.314 e. The SMILES string of the molecule is CCNC(CCCc1cccs1)CC1CCC1. The fraction of sp³-hybridized carbons (Fsp3) is 0.733. The third-order valence-electron chi connectivity index (χ3n) is 3.89. The van der Waals surface area contributed by atoms with Gasteiger partial charge in [0.25, 0.3) is 0 Å². The minimum absolute atomic E-state index is 0.769. The van der Waals surface area contributed by atoms with Gasteiger partial charge in [-0.3, -0.25) is 0 Å². The van der Waals surface area contributed by atoms with Crippen LogP contribution in [0.3, 0.4) is 0 Å². The van der Waals surface area contributed by atoms with Crippen molar-refractivity contribution in [1.82, 2.24) is 5.32 Å². The molecule has 2 rings (SSSR count).